The fourth-order valence-corrected chi connectivity index (χ4v) is 3.14. The summed E-state index contributed by atoms with van der Waals surface area (Å²) in [5, 5.41) is 6.49. The van der Waals surface area contributed by atoms with E-state index in [-0.39, 0.29) is 17.8 Å². The van der Waals surface area contributed by atoms with E-state index in [1.807, 2.05) is 0 Å². The SMILES string of the molecule is CN=C(NCCNC(=O)c1ccccc1Cl)N1CCC(C(=O)OC)CC1. The van der Waals surface area contributed by atoms with E-state index in [0.717, 1.165) is 31.9 Å². The first-order valence-electron chi connectivity index (χ1n) is 8.63. The van der Waals surface area contributed by atoms with Gasteiger partial charge in [0.05, 0.1) is 23.6 Å². The van der Waals surface area contributed by atoms with Crippen LogP contribution in [0, 0.1) is 5.92 Å². The van der Waals surface area contributed by atoms with Gasteiger partial charge in [-0.3, -0.25) is 14.6 Å². The molecule has 8 heteroatoms. The minimum atomic E-state index is -0.203. The molecule has 7 nitrogen and oxygen atoms in total. The van der Waals surface area contributed by atoms with Crippen molar-refractivity contribution in [2.75, 3.05) is 40.3 Å². The maximum absolute atomic E-state index is 12.1. The van der Waals surface area contributed by atoms with Crippen molar-refractivity contribution >= 4 is 29.4 Å². The van der Waals surface area contributed by atoms with Crippen molar-refractivity contribution in [1.82, 2.24) is 15.5 Å². The molecule has 0 aromatic heterocycles. The predicted octanol–water partition coefficient (Wildman–Crippen LogP) is 1.53. The van der Waals surface area contributed by atoms with E-state index in [2.05, 4.69) is 20.5 Å². The first-order chi connectivity index (χ1) is 12.6. The van der Waals surface area contributed by atoms with Gasteiger partial charge in [-0.05, 0) is 25.0 Å². The molecule has 0 bridgehead atoms. The van der Waals surface area contributed by atoms with Crippen molar-refractivity contribution < 1.29 is 14.3 Å². The Morgan fingerprint density at radius 1 is 1.23 bits per heavy atom. The minimum Gasteiger partial charge on any atom is -0.469 e. The van der Waals surface area contributed by atoms with Crippen molar-refractivity contribution in [3.8, 4) is 0 Å². The number of halogens is 1. The molecule has 0 atom stereocenters. The van der Waals surface area contributed by atoms with Crippen LogP contribution in [0.3, 0.4) is 0 Å². The van der Waals surface area contributed by atoms with Crippen LogP contribution in [0.2, 0.25) is 5.02 Å². The molecule has 1 aromatic carbocycles. The third-order valence-corrected chi connectivity index (χ3v) is 4.68. The highest BCUT2D eigenvalue weighted by Gasteiger charge is 2.26. The van der Waals surface area contributed by atoms with Crippen LogP contribution in [-0.2, 0) is 9.53 Å². The van der Waals surface area contributed by atoms with Gasteiger partial charge < -0.3 is 20.3 Å². The van der Waals surface area contributed by atoms with Gasteiger partial charge in [0.2, 0.25) is 0 Å². The van der Waals surface area contributed by atoms with Gasteiger partial charge in [-0.1, -0.05) is 23.7 Å². The monoisotopic (exact) mass is 380 g/mol. The van der Waals surface area contributed by atoms with Crippen molar-refractivity contribution in [2.45, 2.75) is 12.8 Å². The van der Waals surface area contributed by atoms with Gasteiger partial charge in [0.1, 0.15) is 0 Å². The predicted molar refractivity (Wildman–Crippen MR) is 101 cm³/mol. The molecule has 0 aliphatic carbocycles. The van der Waals surface area contributed by atoms with Crippen molar-refractivity contribution in [1.29, 1.82) is 0 Å². The molecule has 142 valence electrons. The summed E-state index contributed by atoms with van der Waals surface area (Å²) >= 11 is 6.02. The number of piperidine rings is 1. The number of esters is 1. The quantitative estimate of drug-likeness (QED) is 0.350. The Labute approximate surface area is 158 Å². The number of hydrogen-bond donors (Lipinski definition) is 2. The molecule has 1 saturated heterocycles. The Morgan fingerprint density at radius 3 is 2.50 bits per heavy atom. The lowest BCUT2D eigenvalue weighted by Crippen LogP contribution is -2.48. The van der Waals surface area contributed by atoms with Crippen LogP contribution in [0.5, 0.6) is 0 Å². The fourth-order valence-electron chi connectivity index (χ4n) is 2.92. The second kappa shape index (κ2) is 10.0. The van der Waals surface area contributed by atoms with E-state index in [0.29, 0.717) is 23.7 Å². The molecule has 0 radical (unpaired) electrons. The summed E-state index contributed by atoms with van der Waals surface area (Å²) in [6.45, 7) is 2.47. The zero-order chi connectivity index (χ0) is 18.9. The molecule has 1 amide bonds. The number of ether oxygens (including phenoxy) is 1. The number of hydrogen-bond acceptors (Lipinski definition) is 4. The normalized spacial score (nSPS) is 15.5. The Bertz CT molecular complexity index is 658. The summed E-state index contributed by atoms with van der Waals surface area (Å²) in [7, 11) is 3.14. The summed E-state index contributed by atoms with van der Waals surface area (Å²) in [5.74, 6) is 0.380. The van der Waals surface area contributed by atoms with Gasteiger partial charge in [0.15, 0.2) is 5.96 Å². The highest BCUT2D eigenvalue weighted by atomic mass is 35.5. The van der Waals surface area contributed by atoms with Gasteiger partial charge in [-0.25, -0.2) is 0 Å². The lowest BCUT2D eigenvalue weighted by atomic mass is 9.97. The Balaban J connectivity index is 1.74. The molecule has 2 rings (SSSR count). The summed E-state index contributed by atoms with van der Waals surface area (Å²) in [6, 6.07) is 6.94. The molecular weight excluding hydrogens is 356 g/mol. The maximum atomic E-state index is 12.1. The Kier molecular flexibility index (Phi) is 7.72. The third-order valence-electron chi connectivity index (χ3n) is 4.35. The van der Waals surface area contributed by atoms with Gasteiger partial charge in [0, 0.05) is 33.2 Å². The standard InChI is InChI=1S/C18H25ClN4O3/c1-20-18(23-11-7-13(8-12-23)17(25)26-2)22-10-9-21-16(24)14-5-3-4-6-15(14)19/h3-6,13H,7-12H2,1-2H3,(H,20,22)(H,21,24). The number of carbonyl (C=O) groups is 2. The maximum Gasteiger partial charge on any atom is 0.308 e. The number of nitrogens with one attached hydrogen (secondary N) is 2. The van der Waals surface area contributed by atoms with E-state index >= 15 is 0 Å². The second-order valence-electron chi connectivity index (χ2n) is 5.99. The fraction of sp³-hybridized carbons (Fsp3) is 0.500. The lowest BCUT2D eigenvalue weighted by molar-refractivity contribution is -0.146. The number of benzene rings is 1. The summed E-state index contributed by atoms with van der Waals surface area (Å²) in [6.07, 6.45) is 1.49. The van der Waals surface area contributed by atoms with E-state index in [4.69, 9.17) is 16.3 Å². The Morgan fingerprint density at radius 2 is 1.88 bits per heavy atom. The van der Waals surface area contributed by atoms with E-state index < -0.39 is 0 Å². The number of rotatable bonds is 5. The number of guanidine groups is 1. The van der Waals surface area contributed by atoms with E-state index in [1.54, 1.807) is 31.3 Å². The molecule has 0 unspecified atom stereocenters. The number of aliphatic imine (C=N–C) groups is 1. The van der Waals surface area contributed by atoms with Crippen LogP contribution in [0.4, 0.5) is 0 Å². The number of methoxy groups -OCH3 is 1. The van der Waals surface area contributed by atoms with Crippen LogP contribution in [0.25, 0.3) is 0 Å². The van der Waals surface area contributed by atoms with Gasteiger partial charge in [-0.15, -0.1) is 0 Å². The smallest absolute Gasteiger partial charge is 0.308 e. The first kappa shape index (κ1) is 20.0. The van der Waals surface area contributed by atoms with Gasteiger partial charge >= 0.3 is 5.97 Å². The average Bonchev–Trinajstić information content (AvgIpc) is 2.68. The summed E-state index contributed by atoms with van der Waals surface area (Å²) in [4.78, 5) is 30.1. The van der Waals surface area contributed by atoms with Gasteiger partial charge in [0.25, 0.3) is 5.91 Å². The molecule has 1 aliphatic rings. The number of amides is 1. The molecule has 1 fully saturated rings. The minimum absolute atomic E-state index is 0.0377. The van der Waals surface area contributed by atoms with Gasteiger partial charge in [-0.2, -0.15) is 0 Å². The van der Waals surface area contributed by atoms with Crippen molar-refractivity contribution in [3.05, 3.63) is 34.9 Å². The largest absolute Gasteiger partial charge is 0.469 e. The molecule has 1 aromatic rings. The molecule has 0 saturated carbocycles. The number of likely N-dealkylation sites (tertiary alicyclic amines) is 1. The van der Waals surface area contributed by atoms with Crippen LogP contribution in [0.1, 0.15) is 23.2 Å². The van der Waals surface area contributed by atoms with Crippen LogP contribution in [-0.4, -0.2) is 63.1 Å². The van der Waals surface area contributed by atoms with Crippen molar-refractivity contribution in [2.24, 2.45) is 10.9 Å². The lowest BCUT2D eigenvalue weighted by Gasteiger charge is -2.33. The number of nitrogens with zero attached hydrogens (tertiary/aromatic N) is 2. The highest BCUT2D eigenvalue weighted by molar-refractivity contribution is 6.33. The molecule has 1 heterocycles. The topological polar surface area (TPSA) is 83.0 Å². The zero-order valence-electron chi connectivity index (χ0n) is 15.1. The van der Waals surface area contributed by atoms with Crippen LogP contribution in [0.15, 0.2) is 29.3 Å². The summed E-state index contributed by atoms with van der Waals surface area (Å²) < 4.78 is 4.81. The molecule has 2 N–H and O–H groups in total. The highest BCUT2D eigenvalue weighted by Crippen LogP contribution is 2.18. The van der Waals surface area contributed by atoms with Crippen molar-refractivity contribution in [3.63, 3.8) is 0 Å². The summed E-state index contributed by atoms with van der Waals surface area (Å²) in [5.41, 5.74) is 0.462. The molecule has 26 heavy (non-hydrogen) atoms. The van der Waals surface area contributed by atoms with E-state index in [9.17, 15) is 9.59 Å². The van der Waals surface area contributed by atoms with Crippen LogP contribution < -0.4 is 10.6 Å². The number of carbonyl (C=O) groups excluding carboxylic acids is 2. The molecule has 0 spiro atoms. The molecule has 1 aliphatic heterocycles. The zero-order valence-corrected chi connectivity index (χ0v) is 15.9. The van der Waals surface area contributed by atoms with E-state index in [1.165, 1.54) is 7.11 Å². The average molecular weight is 381 g/mol. The Hall–Kier alpha value is -2.28. The van der Waals surface area contributed by atoms with Crippen LogP contribution >= 0.6 is 11.6 Å². The second-order valence-corrected chi connectivity index (χ2v) is 6.40. The first-order valence-corrected chi connectivity index (χ1v) is 9.00. The third kappa shape index (κ3) is 5.36. The molecular formula is C18H25ClN4O3.